The molecule has 2 heterocycles. The predicted molar refractivity (Wildman–Crippen MR) is 159 cm³/mol. The number of aromatic nitrogens is 2. The van der Waals surface area contributed by atoms with Gasteiger partial charge in [-0.05, 0) is 37.0 Å². The fourth-order valence-corrected chi connectivity index (χ4v) is 5.71. The van der Waals surface area contributed by atoms with E-state index in [2.05, 4.69) is 27.7 Å². The molecule has 1 saturated heterocycles. The lowest BCUT2D eigenvalue weighted by atomic mass is 9.91. The van der Waals surface area contributed by atoms with Crippen LogP contribution in [-0.4, -0.2) is 32.4 Å². The Balaban J connectivity index is 1.73. The first kappa shape index (κ1) is 34.3. The van der Waals surface area contributed by atoms with Crippen molar-refractivity contribution in [3.63, 3.8) is 0 Å². The van der Waals surface area contributed by atoms with E-state index in [4.69, 9.17) is 9.47 Å². The lowest BCUT2D eigenvalue weighted by molar-refractivity contribution is -0.148. The summed E-state index contributed by atoms with van der Waals surface area (Å²) in [5, 5.41) is 10.2. The molecule has 0 amide bonds. The summed E-state index contributed by atoms with van der Waals surface area (Å²) in [6.45, 7) is 14.4. The summed E-state index contributed by atoms with van der Waals surface area (Å²) in [6, 6.07) is 0. The summed E-state index contributed by atoms with van der Waals surface area (Å²) >= 11 is 0. The fraction of sp³-hybridized carbons (Fsp3) is 0.844. The minimum Gasteiger partial charge on any atom is -0.444 e. The van der Waals surface area contributed by atoms with Gasteiger partial charge in [0.15, 0.2) is 6.73 Å². The Morgan fingerprint density at radius 1 is 0.975 bits per heavy atom. The van der Waals surface area contributed by atoms with Crippen molar-refractivity contribution < 1.29 is 19.4 Å². The number of hydrogen-bond donors (Lipinski definition) is 1. The molecule has 0 radical (unpaired) electrons. The number of esters is 1. The maximum Gasteiger partial charge on any atom is 0.335 e. The van der Waals surface area contributed by atoms with Crippen molar-refractivity contribution >= 4 is 5.97 Å². The first-order valence-electron chi connectivity index (χ1n) is 15.7. The molecule has 3 unspecified atom stereocenters. The second-order valence-electron chi connectivity index (χ2n) is 12.9. The first-order chi connectivity index (χ1) is 18.9. The standard InChI is InChI=1S/C32H56N2O6/c1-8-28-27(35)19-29(40-28)33-20-26(7)31(37)34(32(33)38)21-39-30(36)18-25(6)17-11-16-24(5)15-10-14-23(4)13-9-12-22(2)3/h20,22-25,27-29,35H,8-19,21H2,1-7H3/t23?,24?,25?,27-,28-,29-/m1/s1. The SMILES string of the molecule is CC[C@H]1O[C@@H](n2cc(C)c(=O)n(COC(=O)CC(C)CCCC(C)CCCC(C)CCCC(C)C)c2=O)C[C@H]1O. The number of carbonyl (C=O) groups is 1. The van der Waals surface area contributed by atoms with Gasteiger partial charge < -0.3 is 14.6 Å². The van der Waals surface area contributed by atoms with E-state index in [1.165, 1.54) is 49.3 Å². The van der Waals surface area contributed by atoms with Gasteiger partial charge in [0, 0.05) is 24.6 Å². The molecule has 1 N–H and O–H groups in total. The molecule has 1 fully saturated rings. The van der Waals surface area contributed by atoms with E-state index in [9.17, 15) is 19.5 Å². The van der Waals surface area contributed by atoms with E-state index >= 15 is 0 Å². The Kier molecular flexibility index (Phi) is 14.7. The largest absolute Gasteiger partial charge is 0.444 e. The maximum absolute atomic E-state index is 13.0. The number of nitrogens with zero attached hydrogens (tertiary/aromatic N) is 2. The van der Waals surface area contributed by atoms with E-state index in [-0.39, 0.29) is 24.9 Å². The highest BCUT2D eigenvalue weighted by Crippen LogP contribution is 2.29. The van der Waals surface area contributed by atoms with E-state index < -0.39 is 36.3 Å². The Morgan fingerprint density at radius 2 is 1.52 bits per heavy atom. The number of rotatable bonds is 18. The second-order valence-corrected chi connectivity index (χ2v) is 12.9. The van der Waals surface area contributed by atoms with Crippen molar-refractivity contribution in [2.24, 2.45) is 23.7 Å². The van der Waals surface area contributed by atoms with Crippen molar-refractivity contribution in [2.75, 3.05) is 0 Å². The zero-order chi connectivity index (χ0) is 29.8. The van der Waals surface area contributed by atoms with Crippen LogP contribution in [0.3, 0.4) is 0 Å². The lowest BCUT2D eigenvalue weighted by Gasteiger charge is -2.18. The average molecular weight is 565 g/mol. The first-order valence-corrected chi connectivity index (χ1v) is 15.7. The van der Waals surface area contributed by atoms with E-state index in [0.717, 1.165) is 35.7 Å². The normalized spacial score (nSPS) is 21.5. The molecule has 1 aliphatic heterocycles. The van der Waals surface area contributed by atoms with Gasteiger partial charge in [-0.15, -0.1) is 0 Å². The topological polar surface area (TPSA) is 99.8 Å². The fourth-order valence-electron chi connectivity index (χ4n) is 5.71. The van der Waals surface area contributed by atoms with Crippen LogP contribution < -0.4 is 11.2 Å². The molecule has 8 heteroatoms. The zero-order valence-electron chi connectivity index (χ0n) is 26.2. The summed E-state index contributed by atoms with van der Waals surface area (Å²) in [5.41, 5.74) is -0.757. The molecule has 0 spiro atoms. The molecule has 0 saturated carbocycles. The predicted octanol–water partition coefficient (Wildman–Crippen LogP) is 6.34. The third-order valence-electron chi connectivity index (χ3n) is 8.42. The van der Waals surface area contributed by atoms with Crippen LogP contribution >= 0.6 is 0 Å². The van der Waals surface area contributed by atoms with Crippen molar-refractivity contribution in [1.29, 1.82) is 0 Å². The second kappa shape index (κ2) is 17.1. The van der Waals surface area contributed by atoms with Gasteiger partial charge >= 0.3 is 11.7 Å². The van der Waals surface area contributed by atoms with Crippen molar-refractivity contribution in [3.05, 3.63) is 32.6 Å². The van der Waals surface area contributed by atoms with E-state index in [1.54, 1.807) is 6.92 Å². The highest BCUT2D eigenvalue weighted by molar-refractivity contribution is 5.69. The van der Waals surface area contributed by atoms with Crippen LogP contribution in [-0.2, 0) is 21.0 Å². The molecule has 1 aromatic heterocycles. The van der Waals surface area contributed by atoms with Crippen LogP contribution in [0.4, 0.5) is 0 Å². The average Bonchev–Trinajstić information content (AvgIpc) is 3.26. The third-order valence-corrected chi connectivity index (χ3v) is 8.42. The van der Waals surface area contributed by atoms with Crippen LogP contribution in [0, 0.1) is 30.6 Å². The Hall–Kier alpha value is -1.93. The number of aryl methyl sites for hydroxylation is 1. The van der Waals surface area contributed by atoms with Crippen LogP contribution in [0.5, 0.6) is 0 Å². The van der Waals surface area contributed by atoms with Gasteiger partial charge in [0.05, 0.1) is 12.2 Å². The van der Waals surface area contributed by atoms with Gasteiger partial charge in [0.2, 0.25) is 0 Å². The monoisotopic (exact) mass is 564 g/mol. The van der Waals surface area contributed by atoms with Crippen LogP contribution in [0.25, 0.3) is 0 Å². The molecule has 0 bridgehead atoms. The summed E-state index contributed by atoms with van der Waals surface area (Å²) in [6.07, 6.45) is 12.0. The highest BCUT2D eigenvalue weighted by atomic mass is 16.5. The molecular formula is C32H56N2O6. The Labute approximate surface area is 241 Å². The summed E-state index contributed by atoms with van der Waals surface area (Å²) in [5.74, 6) is 2.06. The molecule has 0 aliphatic carbocycles. The molecule has 0 aromatic carbocycles. The van der Waals surface area contributed by atoms with Crippen molar-refractivity contribution in [2.45, 2.75) is 151 Å². The van der Waals surface area contributed by atoms with Gasteiger partial charge in [-0.3, -0.25) is 14.2 Å². The minimum atomic E-state index is -0.669. The van der Waals surface area contributed by atoms with E-state index in [0.29, 0.717) is 17.9 Å². The molecule has 8 nitrogen and oxygen atoms in total. The van der Waals surface area contributed by atoms with Gasteiger partial charge in [0.1, 0.15) is 6.23 Å². The number of aliphatic hydroxyl groups is 1. The van der Waals surface area contributed by atoms with Gasteiger partial charge in [0.25, 0.3) is 5.56 Å². The Morgan fingerprint density at radius 3 is 2.05 bits per heavy atom. The summed E-state index contributed by atoms with van der Waals surface area (Å²) in [4.78, 5) is 38.2. The smallest absolute Gasteiger partial charge is 0.335 e. The summed E-state index contributed by atoms with van der Waals surface area (Å²) in [7, 11) is 0. The van der Waals surface area contributed by atoms with Gasteiger partial charge in [-0.2, -0.15) is 0 Å². The molecular weight excluding hydrogens is 508 g/mol. The van der Waals surface area contributed by atoms with E-state index in [1.807, 2.05) is 13.8 Å². The molecule has 6 atom stereocenters. The minimum absolute atomic E-state index is 0.172. The molecule has 1 aromatic rings. The summed E-state index contributed by atoms with van der Waals surface area (Å²) < 4.78 is 13.4. The van der Waals surface area contributed by atoms with Crippen molar-refractivity contribution in [1.82, 2.24) is 9.13 Å². The number of aliphatic hydroxyl groups excluding tert-OH is 1. The maximum atomic E-state index is 13.0. The zero-order valence-corrected chi connectivity index (χ0v) is 26.2. The third kappa shape index (κ3) is 11.2. The molecule has 2 rings (SSSR count). The molecule has 40 heavy (non-hydrogen) atoms. The Bertz CT molecular complexity index is 1020. The van der Waals surface area contributed by atoms with Crippen molar-refractivity contribution in [3.8, 4) is 0 Å². The van der Waals surface area contributed by atoms with Crippen LogP contribution in [0.15, 0.2) is 15.8 Å². The number of ether oxygens (including phenoxy) is 2. The van der Waals surface area contributed by atoms with Gasteiger partial charge in [-0.1, -0.05) is 99.3 Å². The lowest BCUT2D eigenvalue weighted by Crippen LogP contribution is -2.43. The number of hydrogen-bond acceptors (Lipinski definition) is 6. The van der Waals surface area contributed by atoms with Crippen LogP contribution in [0.1, 0.15) is 130 Å². The number of carbonyl (C=O) groups excluding carboxylic acids is 1. The highest BCUT2D eigenvalue weighted by Gasteiger charge is 2.34. The molecule has 230 valence electrons. The van der Waals surface area contributed by atoms with Gasteiger partial charge in [-0.25, -0.2) is 9.36 Å². The molecule has 1 aliphatic rings. The quantitative estimate of drug-likeness (QED) is 0.209. The van der Waals surface area contributed by atoms with Crippen LogP contribution in [0.2, 0.25) is 0 Å².